The van der Waals surface area contributed by atoms with Crippen LogP contribution in [0.1, 0.15) is 44.9 Å². The van der Waals surface area contributed by atoms with Crippen LogP contribution in [0, 0.1) is 11.6 Å². The maximum absolute atomic E-state index is 14.2. The Balaban J connectivity index is 1.41. The number of allylic oxidation sites excluding steroid dienone is 3. The van der Waals surface area contributed by atoms with Crippen molar-refractivity contribution in [3.8, 4) is 5.75 Å². The van der Waals surface area contributed by atoms with Gasteiger partial charge in [-0.25, -0.2) is 8.78 Å². The van der Waals surface area contributed by atoms with E-state index in [9.17, 15) is 28.3 Å². The van der Waals surface area contributed by atoms with Crippen molar-refractivity contribution in [3.05, 3.63) is 142 Å². The van der Waals surface area contributed by atoms with E-state index in [1.54, 1.807) is 29.4 Å². The predicted molar refractivity (Wildman–Crippen MR) is 157 cm³/mol. The number of hydrogen-bond donors (Lipinski definition) is 2. The lowest BCUT2D eigenvalue weighted by Crippen LogP contribution is -2.58. The number of fused-ring (bicyclic) bond motifs is 1. The Bertz CT molecular complexity index is 1840. The molecule has 45 heavy (non-hydrogen) atoms. The third-order valence-corrected chi connectivity index (χ3v) is 7.52. The van der Waals surface area contributed by atoms with Gasteiger partial charge in [0.05, 0.1) is 12.2 Å². The van der Waals surface area contributed by atoms with Crippen molar-refractivity contribution in [2.75, 3.05) is 11.7 Å². The molecule has 3 aromatic rings. The van der Waals surface area contributed by atoms with Crippen molar-refractivity contribution in [1.82, 2.24) is 19.9 Å². The van der Waals surface area contributed by atoms with Crippen molar-refractivity contribution < 1.29 is 33.0 Å². The van der Waals surface area contributed by atoms with Crippen molar-refractivity contribution in [2.24, 2.45) is 0 Å². The Hall–Kier alpha value is -5.72. The number of ether oxygens (including phenoxy) is 2. The Labute approximate surface area is 255 Å². The number of aromatic nitrogens is 2. The summed E-state index contributed by atoms with van der Waals surface area (Å²) in [6, 6.07) is 7.44. The molecular weight excluding hydrogens is 588 g/mol. The zero-order valence-electron chi connectivity index (χ0n) is 23.7. The molecule has 4 heterocycles. The van der Waals surface area contributed by atoms with Crippen LogP contribution in [0.4, 0.5) is 8.78 Å². The molecule has 1 aromatic carbocycles. The van der Waals surface area contributed by atoms with E-state index in [-0.39, 0.29) is 31.0 Å². The molecule has 3 aliphatic rings. The average molecular weight is 616 g/mol. The van der Waals surface area contributed by atoms with Crippen LogP contribution in [0.15, 0.2) is 102 Å². The molecule has 2 amide bonds. The average Bonchev–Trinajstić information content (AvgIpc) is 3.05. The van der Waals surface area contributed by atoms with E-state index < -0.39 is 46.2 Å². The third kappa shape index (κ3) is 5.92. The number of nitrogens with zero attached hydrogens (tertiary/aromatic N) is 4. The summed E-state index contributed by atoms with van der Waals surface area (Å²) in [6.45, 7) is -0.305. The fraction of sp³-hybridized carbons (Fsp3) is 0.188. The second-order valence-electron chi connectivity index (χ2n) is 10.4. The molecule has 0 saturated carbocycles. The molecule has 1 atom stereocenters. The summed E-state index contributed by atoms with van der Waals surface area (Å²) in [4.78, 5) is 46.5. The van der Waals surface area contributed by atoms with E-state index in [4.69, 9.17) is 9.47 Å². The lowest BCUT2D eigenvalue weighted by atomic mass is 9.94. The Kier molecular flexibility index (Phi) is 8.14. The van der Waals surface area contributed by atoms with Crippen LogP contribution in [-0.2, 0) is 22.6 Å². The number of halogens is 2. The van der Waals surface area contributed by atoms with E-state index in [0.29, 0.717) is 23.9 Å². The van der Waals surface area contributed by atoms with E-state index in [1.807, 2.05) is 18.2 Å². The molecule has 0 radical (unpaired) electrons. The Morgan fingerprint density at radius 1 is 1.16 bits per heavy atom. The number of nitrogens with one attached hydrogen (secondary N) is 1. The second kappa shape index (κ2) is 12.5. The van der Waals surface area contributed by atoms with Crippen molar-refractivity contribution in [3.63, 3.8) is 0 Å². The lowest BCUT2D eigenvalue weighted by molar-refractivity contribution is 0.0595. The molecule has 1 aliphatic carbocycles. The summed E-state index contributed by atoms with van der Waals surface area (Å²) in [5, 5.41) is 15.3. The van der Waals surface area contributed by atoms with Gasteiger partial charge < -0.3 is 24.8 Å². The first-order valence-corrected chi connectivity index (χ1v) is 14.0. The predicted octanol–water partition coefficient (Wildman–Crippen LogP) is 3.71. The molecule has 2 N–H and O–H groups in total. The number of rotatable bonds is 8. The molecule has 0 spiro atoms. The largest absolute Gasteiger partial charge is 0.502 e. The van der Waals surface area contributed by atoms with Crippen LogP contribution >= 0.6 is 0 Å². The first-order valence-electron chi connectivity index (χ1n) is 14.0. The highest BCUT2D eigenvalue weighted by atomic mass is 19.1. The highest BCUT2D eigenvalue weighted by Gasteiger charge is 2.41. The summed E-state index contributed by atoms with van der Waals surface area (Å²) < 4.78 is 39.9. The molecule has 0 saturated heterocycles. The number of amides is 2. The fourth-order valence-corrected chi connectivity index (χ4v) is 5.34. The highest BCUT2D eigenvalue weighted by Crippen LogP contribution is 2.32. The van der Waals surface area contributed by atoms with Crippen molar-refractivity contribution in [1.29, 1.82) is 0 Å². The van der Waals surface area contributed by atoms with Crippen LogP contribution in [0.2, 0.25) is 0 Å². The molecule has 6 rings (SSSR count). The molecule has 1 unspecified atom stereocenters. The lowest BCUT2D eigenvalue weighted by Gasteiger charge is -2.44. The topological polar surface area (TPSA) is 126 Å². The van der Waals surface area contributed by atoms with Crippen LogP contribution in [0.25, 0.3) is 0 Å². The van der Waals surface area contributed by atoms with Crippen molar-refractivity contribution >= 4 is 11.8 Å². The highest BCUT2D eigenvalue weighted by molar-refractivity contribution is 5.99. The van der Waals surface area contributed by atoms with Gasteiger partial charge in [-0.2, -0.15) is 0 Å². The number of carbonyl (C=O) groups excluding carboxylic acids is 2. The van der Waals surface area contributed by atoms with Gasteiger partial charge in [-0.05, 0) is 36.6 Å². The Morgan fingerprint density at radius 2 is 2.02 bits per heavy atom. The quantitative estimate of drug-likeness (QED) is 0.393. The molecule has 0 fully saturated rings. The molecule has 230 valence electrons. The van der Waals surface area contributed by atoms with Gasteiger partial charge in [0.2, 0.25) is 5.43 Å². The molecule has 0 bridgehead atoms. The first-order chi connectivity index (χ1) is 21.8. The van der Waals surface area contributed by atoms with Gasteiger partial charge in [-0.15, -0.1) is 0 Å². The molecule has 2 aromatic heterocycles. The summed E-state index contributed by atoms with van der Waals surface area (Å²) in [5.41, 5.74) is -0.516. The maximum atomic E-state index is 14.2. The second-order valence-corrected chi connectivity index (χ2v) is 10.4. The molecule has 2 aliphatic heterocycles. The zero-order valence-corrected chi connectivity index (χ0v) is 23.7. The van der Waals surface area contributed by atoms with Gasteiger partial charge in [0.15, 0.2) is 17.2 Å². The van der Waals surface area contributed by atoms with Gasteiger partial charge in [0.1, 0.15) is 48.7 Å². The SMILES string of the molecule is O=C(NCc1ccc(F)cc1F)c1cn2c(c(O)c1=O)C(=O)N(C(C1=CC=CCC1)C1=COC=CO1)CN2Cc1ccccn1. The number of pyridine rings is 2. The normalized spacial score (nSPS) is 16.3. The van der Waals surface area contributed by atoms with Gasteiger partial charge in [-0.3, -0.25) is 29.1 Å². The minimum absolute atomic E-state index is 0.00871. The van der Waals surface area contributed by atoms with Gasteiger partial charge >= 0.3 is 0 Å². The zero-order chi connectivity index (χ0) is 31.5. The third-order valence-electron chi connectivity index (χ3n) is 7.52. The van der Waals surface area contributed by atoms with Crippen molar-refractivity contribution in [2.45, 2.75) is 32.0 Å². The minimum atomic E-state index is -1.10. The minimum Gasteiger partial charge on any atom is -0.502 e. The van der Waals surface area contributed by atoms with E-state index in [1.165, 1.54) is 34.4 Å². The maximum Gasteiger partial charge on any atom is 0.278 e. The van der Waals surface area contributed by atoms with Gasteiger partial charge in [-0.1, -0.05) is 30.4 Å². The Morgan fingerprint density at radius 3 is 2.73 bits per heavy atom. The molecule has 11 nitrogen and oxygen atoms in total. The number of hydrogen-bond acceptors (Lipinski definition) is 8. The van der Waals surface area contributed by atoms with Crippen LogP contribution in [0.5, 0.6) is 5.75 Å². The summed E-state index contributed by atoms with van der Waals surface area (Å²) in [7, 11) is 0. The van der Waals surface area contributed by atoms with Gasteiger partial charge in [0, 0.05) is 30.6 Å². The van der Waals surface area contributed by atoms with E-state index in [0.717, 1.165) is 24.3 Å². The standard InChI is InChI=1S/C32H27F2N5O6/c33-22-10-9-21(25(34)14-22)15-36-31(42)24-17-39-28(30(41)29(24)40)32(43)38(19-37(39)16-23-8-4-5-11-35-23)27(20-6-2-1-3-7-20)26-18-44-12-13-45-26/h1-2,4-6,8-14,17-18,27,41H,3,7,15-16,19H2,(H,36,42). The molecule has 13 heteroatoms. The first kappa shape index (κ1) is 29.4. The number of benzene rings is 1. The summed E-state index contributed by atoms with van der Waals surface area (Å²) in [5.74, 6) is -3.89. The van der Waals surface area contributed by atoms with Crippen LogP contribution in [0.3, 0.4) is 0 Å². The summed E-state index contributed by atoms with van der Waals surface area (Å²) >= 11 is 0. The number of aromatic hydroxyl groups is 1. The van der Waals surface area contributed by atoms with E-state index >= 15 is 0 Å². The fourth-order valence-electron chi connectivity index (χ4n) is 5.34. The monoisotopic (exact) mass is 615 g/mol. The van der Waals surface area contributed by atoms with Gasteiger partial charge in [0.25, 0.3) is 11.8 Å². The smallest absolute Gasteiger partial charge is 0.278 e. The number of carbonyl (C=O) groups is 2. The van der Waals surface area contributed by atoms with E-state index in [2.05, 4.69) is 10.3 Å². The van der Waals surface area contributed by atoms with Crippen LogP contribution in [-0.4, -0.2) is 44.2 Å². The summed E-state index contributed by atoms with van der Waals surface area (Å²) in [6.07, 6.45) is 13.9. The van der Waals surface area contributed by atoms with Crippen LogP contribution < -0.4 is 15.8 Å². The molecular formula is C32H27F2N5O6.